The molecule has 7 heteroatoms. The van der Waals surface area contributed by atoms with Gasteiger partial charge in [-0.15, -0.1) is 11.3 Å². The van der Waals surface area contributed by atoms with Crippen LogP contribution < -0.4 is 0 Å². The number of halogens is 1. The van der Waals surface area contributed by atoms with Gasteiger partial charge in [0.25, 0.3) is 5.91 Å². The van der Waals surface area contributed by atoms with Crippen molar-refractivity contribution in [3.8, 4) is 0 Å². The van der Waals surface area contributed by atoms with E-state index in [1.54, 1.807) is 12.1 Å². The first-order valence-electron chi connectivity index (χ1n) is 6.37. The maximum Gasteiger partial charge on any atom is 0.328 e. The molecule has 3 rings (SSSR count). The third kappa shape index (κ3) is 2.50. The number of ether oxygens (including phenoxy) is 1. The minimum Gasteiger partial charge on any atom is -0.480 e. The maximum atomic E-state index is 13.7. The first kappa shape index (κ1) is 14.0. The first-order valence-corrected chi connectivity index (χ1v) is 7.19. The molecule has 1 amide bonds. The smallest absolute Gasteiger partial charge is 0.328 e. The Labute approximate surface area is 123 Å². The highest BCUT2D eigenvalue weighted by atomic mass is 32.1. The van der Waals surface area contributed by atoms with Gasteiger partial charge in [-0.25, -0.2) is 9.18 Å². The van der Waals surface area contributed by atoms with Gasteiger partial charge in [-0.05, 0) is 18.2 Å². The van der Waals surface area contributed by atoms with Crippen LogP contribution in [0, 0.1) is 5.82 Å². The van der Waals surface area contributed by atoms with E-state index in [9.17, 15) is 14.0 Å². The average Bonchev–Trinajstić information content (AvgIpc) is 2.92. The lowest BCUT2D eigenvalue weighted by molar-refractivity contribution is -0.147. The van der Waals surface area contributed by atoms with E-state index < -0.39 is 17.9 Å². The molecule has 1 unspecified atom stereocenters. The van der Waals surface area contributed by atoms with Crippen LogP contribution in [0.25, 0.3) is 10.1 Å². The molecule has 0 spiro atoms. The molecule has 0 aliphatic carbocycles. The van der Waals surface area contributed by atoms with Crippen molar-refractivity contribution in [2.45, 2.75) is 6.04 Å². The van der Waals surface area contributed by atoms with Crippen LogP contribution in [0.3, 0.4) is 0 Å². The molecule has 110 valence electrons. The van der Waals surface area contributed by atoms with Crippen molar-refractivity contribution >= 4 is 33.3 Å². The van der Waals surface area contributed by atoms with Gasteiger partial charge in [0.15, 0.2) is 6.04 Å². The minimum atomic E-state index is -1.10. The van der Waals surface area contributed by atoms with Gasteiger partial charge in [-0.1, -0.05) is 6.07 Å². The second-order valence-corrected chi connectivity index (χ2v) is 5.77. The van der Waals surface area contributed by atoms with Crippen molar-refractivity contribution in [2.75, 3.05) is 19.8 Å². The van der Waals surface area contributed by atoms with Gasteiger partial charge in [0.1, 0.15) is 5.82 Å². The van der Waals surface area contributed by atoms with Crippen LogP contribution in [-0.2, 0) is 9.53 Å². The largest absolute Gasteiger partial charge is 0.480 e. The number of amides is 1. The normalized spacial score (nSPS) is 18.9. The molecule has 5 nitrogen and oxygen atoms in total. The molecule has 21 heavy (non-hydrogen) atoms. The lowest BCUT2D eigenvalue weighted by atomic mass is 10.2. The molecule has 1 fully saturated rings. The second-order valence-electron chi connectivity index (χ2n) is 4.69. The highest BCUT2D eigenvalue weighted by Crippen LogP contribution is 2.29. The molecule has 1 aromatic heterocycles. The van der Waals surface area contributed by atoms with Gasteiger partial charge < -0.3 is 14.7 Å². The summed E-state index contributed by atoms with van der Waals surface area (Å²) in [6.07, 6.45) is 0. The predicted molar refractivity (Wildman–Crippen MR) is 75.1 cm³/mol. The number of carboxylic acids is 1. The number of morpholine rings is 1. The number of benzene rings is 1. The third-order valence-electron chi connectivity index (χ3n) is 3.39. The van der Waals surface area contributed by atoms with Gasteiger partial charge in [0, 0.05) is 16.6 Å². The summed E-state index contributed by atoms with van der Waals surface area (Å²) in [6.45, 7) is 0.488. The molecule has 0 radical (unpaired) electrons. The number of carbonyl (C=O) groups excluding carboxylic acids is 1. The third-order valence-corrected chi connectivity index (χ3v) is 4.48. The quantitative estimate of drug-likeness (QED) is 0.921. The maximum absolute atomic E-state index is 13.7. The number of nitrogens with zero attached hydrogens (tertiary/aromatic N) is 1. The lowest BCUT2D eigenvalue weighted by Gasteiger charge is -2.32. The van der Waals surface area contributed by atoms with Crippen LogP contribution in [-0.4, -0.2) is 47.7 Å². The van der Waals surface area contributed by atoms with Crippen molar-refractivity contribution in [2.24, 2.45) is 0 Å². The zero-order valence-corrected chi connectivity index (χ0v) is 11.7. The summed E-state index contributed by atoms with van der Waals surface area (Å²) in [5.74, 6) is -1.89. The molecule has 1 aliphatic heterocycles. The molecule has 0 bridgehead atoms. The van der Waals surface area contributed by atoms with Crippen molar-refractivity contribution < 1.29 is 23.8 Å². The second kappa shape index (κ2) is 5.42. The minimum absolute atomic E-state index is 0.0275. The Kier molecular flexibility index (Phi) is 3.60. The molecule has 1 atom stereocenters. The number of carboxylic acid groups (broad SMARTS) is 1. The molecule has 0 saturated carbocycles. The fraction of sp³-hybridized carbons (Fsp3) is 0.286. The number of fused-ring (bicyclic) bond motifs is 1. The first-order chi connectivity index (χ1) is 10.1. The Morgan fingerprint density at radius 1 is 1.43 bits per heavy atom. The van der Waals surface area contributed by atoms with E-state index in [1.165, 1.54) is 17.0 Å². The van der Waals surface area contributed by atoms with Gasteiger partial charge in [0.05, 0.1) is 18.1 Å². The summed E-state index contributed by atoms with van der Waals surface area (Å²) in [5.41, 5.74) is 0. The number of hydrogen-bond donors (Lipinski definition) is 1. The summed E-state index contributed by atoms with van der Waals surface area (Å²) in [6, 6.07) is 5.12. The van der Waals surface area contributed by atoms with Crippen molar-refractivity contribution in [3.63, 3.8) is 0 Å². The molecular formula is C14H12FNO4S. The molecule has 1 N–H and O–H groups in total. The Hall–Kier alpha value is -1.99. The molecule has 1 saturated heterocycles. The Bertz CT molecular complexity index is 714. The predicted octanol–water partition coefficient (Wildman–Crippen LogP) is 1.97. The number of carbonyl (C=O) groups is 2. The van der Waals surface area contributed by atoms with E-state index in [4.69, 9.17) is 9.84 Å². The zero-order chi connectivity index (χ0) is 15.0. The van der Waals surface area contributed by atoms with Crippen molar-refractivity contribution in [3.05, 3.63) is 35.0 Å². The standard InChI is InChI=1S/C14H12FNO4S/c15-9-2-1-3-11-8(9)6-12(21-11)13(17)16-4-5-20-7-10(16)14(18)19/h1-3,6,10H,4-5,7H2,(H,18,19). The molecule has 1 aliphatic rings. The average molecular weight is 309 g/mol. The summed E-state index contributed by atoms with van der Waals surface area (Å²) in [7, 11) is 0. The highest BCUT2D eigenvalue weighted by molar-refractivity contribution is 7.20. The van der Waals surface area contributed by atoms with E-state index in [0.717, 1.165) is 11.3 Å². The van der Waals surface area contributed by atoms with Gasteiger partial charge in [-0.2, -0.15) is 0 Å². The number of rotatable bonds is 2. The highest BCUT2D eigenvalue weighted by Gasteiger charge is 2.33. The lowest BCUT2D eigenvalue weighted by Crippen LogP contribution is -2.52. The van der Waals surface area contributed by atoms with E-state index in [-0.39, 0.29) is 19.0 Å². The monoisotopic (exact) mass is 309 g/mol. The Morgan fingerprint density at radius 2 is 2.24 bits per heavy atom. The fourth-order valence-corrected chi connectivity index (χ4v) is 3.35. The van der Waals surface area contributed by atoms with Gasteiger partial charge in [0.2, 0.25) is 0 Å². The van der Waals surface area contributed by atoms with Crippen LogP contribution >= 0.6 is 11.3 Å². The van der Waals surface area contributed by atoms with Gasteiger partial charge >= 0.3 is 5.97 Å². The molecular weight excluding hydrogens is 297 g/mol. The van der Waals surface area contributed by atoms with E-state index in [2.05, 4.69) is 0 Å². The van der Waals surface area contributed by atoms with E-state index in [0.29, 0.717) is 21.6 Å². The summed E-state index contributed by atoms with van der Waals surface area (Å²) in [5, 5.41) is 9.54. The SMILES string of the molecule is O=C(O)C1COCCN1C(=O)c1cc2c(F)cccc2s1. The van der Waals surface area contributed by atoms with E-state index >= 15 is 0 Å². The van der Waals surface area contributed by atoms with Crippen LogP contribution in [0.2, 0.25) is 0 Å². The van der Waals surface area contributed by atoms with Crippen molar-refractivity contribution in [1.82, 2.24) is 4.90 Å². The summed E-state index contributed by atoms with van der Waals surface area (Å²) < 4.78 is 19.4. The zero-order valence-electron chi connectivity index (χ0n) is 10.9. The van der Waals surface area contributed by atoms with Crippen LogP contribution in [0.5, 0.6) is 0 Å². The Balaban J connectivity index is 1.95. The summed E-state index contributed by atoms with van der Waals surface area (Å²) in [4.78, 5) is 25.3. The number of thiophene rings is 1. The van der Waals surface area contributed by atoms with E-state index in [1.807, 2.05) is 0 Å². The molecule has 2 heterocycles. The Morgan fingerprint density at radius 3 is 2.95 bits per heavy atom. The molecule has 2 aromatic rings. The molecule has 1 aromatic carbocycles. The van der Waals surface area contributed by atoms with Crippen LogP contribution in [0.1, 0.15) is 9.67 Å². The van der Waals surface area contributed by atoms with Gasteiger partial charge in [-0.3, -0.25) is 4.79 Å². The fourth-order valence-electron chi connectivity index (χ4n) is 2.32. The topological polar surface area (TPSA) is 66.8 Å². The summed E-state index contributed by atoms with van der Waals surface area (Å²) >= 11 is 1.16. The van der Waals surface area contributed by atoms with Crippen LogP contribution in [0.15, 0.2) is 24.3 Å². The number of aliphatic carboxylic acids is 1. The van der Waals surface area contributed by atoms with Crippen LogP contribution in [0.4, 0.5) is 4.39 Å². The number of hydrogen-bond acceptors (Lipinski definition) is 4. The van der Waals surface area contributed by atoms with Crippen molar-refractivity contribution in [1.29, 1.82) is 0 Å².